The van der Waals surface area contributed by atoms with Crippen molar-refractivity contribution in [1.29, 1.82) is 0 Å². The highest BCUT2D eigenvalue weighted by Gasteiger charge is 2.08. The maximum Gasteiger partial charge on any atom is 0.0880 e. The molecule has 0 aromatic carbocycles. The number of aliphatic hydroxyl groups excluding tert-OH is 1. The van der Waals surface area contributed by atoms with E-state index in [9.17, 15) is 5.11 Å². The Bertz CT molecular complexity index is 194. The quantitative estimate of drug-likeness (QED) is 0.464. The Morgan fingerprint density at radius 3 is 1.76 bits per heavy atom. The predicted molar refractivity (Wildman–Crippen MR) is 77.4 cm³/mol. The third-order valence-corrected chi connectivity index (χ3v) is 3.71. The van der Waals surface area contributed by atoms with Gasteiger partial charge in [-0.05, 0) is 38.2 Å². The average Bonchev–Trinajstić information content (AvgIpc) is 2.31. The van der Waals surface area contributed by atoms with E-state index >= 15 is 0 Å². The van der Waals surface area contributed by atoms with Crippen LogP contribution in [-0.2, 0) is 0 Å². The SMILES string of the molecule is CCCCC(CCCC)CCCC(C)=C(C)O. The summed E-state index contributed by atoms with van der Waals surface area (Å²) in [5.41, 5.74) is 1.16. The Kier molecular flexibility index (Phi) is 10.4. The molecule has 102 valence electrons. The standard InChI is InChI=1S/C16H32O/c1-5-7-11-16(12-8-6-2)13-9-10-14(3)15(4)17/h16-17H,5-13H2,1-4H3. The van der Waals surface area contributed by atoms with E-state index in [4.69, 9.17) is 0 Å². The summed E-state index contributed by atoms with van der Waals surface area (Å²) in [5, 5.41) is 9.35. The fourth-order valence-electron chi connectivity index (χ4n) is 2.26. The maximum absolute atomic E-state index is 9.35. The fourth-order valence-corrected chi connectivity index (χ4v) is 2.26. The lowest BCUT2D eigenvalue weighted by Gasteiger charge is -2.16. The first-order valence-corrected chi connectivity index (χ1v) is 7.47. The molecule has 0 aromatic heterocycles. The molecule has 0 radical (unpaired) electrons. The van der Waals surface area contributed by atoms with Gasteiger partial charge in [0.05, 0.1) is 5.76 Å². The first-order valence-electron chi connectivity index (χ1n) is 7.47. The van der Waals surface area contributed by atoms with Gasteiger partial charge < -0.3 is 5.11 Å². The zero-order valence-corrected chi connectivity index (χ0v) is 12.4. The van der Waals surface area contributed by atoms with Crippen LogP contribution in [-0.4, -0.2) is 5.11 Å². The molecule has 0 spiro atoms. The van der Waals surface area contributed by atoms with E-state index in [0.29, 0.717) is 5.76 Å². The number of allylic oxidation sites excluding steroid dienone is 2. The summed E-state index contributed by atoms with van der Waals surface area (Å²) in [4.78, 5) is 0. The van der Waals surface area contributed by atoms with Crippen LogP contribution in [0, 0.1) is 5.92 Å². The summed E-state index contributed by atoms with van der Waals surface area (Å²) in [6.07, 6.45) is 11.8. The van der Waals surface area contributed by atoms with E-state index in [1.165, 1.54) is 51.4 Å². The molecule has 0 rings (SSSR count). The van der Waals surface area contributed by atoms with Gasteiger partial charge in [0.1, 0.15) is 0 Å². The maximum atomic E-state index is 9.35. The van der Waals surface area contributed by atoms with Crippen molar-refractivity contribution in [3.63, 3.8) is 0 Å². The van der Waals surface area contributed by atoms with Gasteiger partial charge in [-0.2, -0.15) is 0 Å². The highest BCUT2D eigenvalue weighted by atomic mass is 16.3. The van der Waals surface area contributed by atoms with Crippen LogP contribution in [0.2, 0.25) is 0 Å². The molecule has 0 atom stereocenters. The van der Waals surface area contributed by atoms with E-state index in [1.54, 1.807) is 6.92 Å². The van der Waals surface area contributed by atoms with Crippen LogP contribution in [0.1, 0.15) is 85.5 Å². The normalized spacial score (nSPS) is 13.0. The topological polar surface area (TPSA) is 20.2 Å². The molecule has 0 saturated heterocycles. The van der Waals surface area contributed by atoms with Gasteiger partial charge in [-0.3, -0.25) is 0 Å². The van der Waals surface area contributed by atoms with Crippen LogP contribution in [0.25, 0.3) is 0 Å². The predicted octanol–water partition coefficient (Wildman–Crippen LogP) is 6.01. The molecule has 1 heteroatoms. The van der Waals surface area contributed by atoms with Crippen molar-refractivity contribution in [2.75, 3.05) is 0 Å². The summed E-state index contributed by atoms with van der Waals surface area (Å²) in [7, 11) is 0. The van der Waals surface area contributed by atoms with Crippen molar-refractivity contribution >= 4 is 0 Å². The van der Waals surface area contributed by atoms with Crippen molar-refractivity contribution in [3.05, 3.63) is 11.3 Å². The zero-order chi connectivity index (χ0) is 13.1. The first kappa shape index (κ1) is 16.5. The van der Waals surface area contributed by atoms with Gasteiger partial charge in [-0.25, -0.2) is 0 Å². The third-order valence-electron chi connectivity index (χ3n) is 3.71. The molecule has 0 aliphatic heterocycles. The molecule has 0 amide bonds. The van der Waals surface area contributed by atoms with Crippen molar-refractivity contribution in [2.24, 2.45) is 5.92 Å². The van der Waals surface area contributed by atoms with E-state index in [-0.39, 0.29) is 0 Å². The zero-order valence-electron chi connectivity index (χ0n) is 12.4. The van der Waals surface area contributed by atoms with Crippen molar-refractivity contribution in [3.8, 4) is 0 Å². The number of aliphatic hydroxyl groups is 1. The molecule has 0 heterocycles. The molecular weight excluding hydrogens is 208 g/mol. The van der Waals surface area contributed by atoms with Crippen LogP contribution in [0.3, 0.4) is 0 Å². The molecular formula is C16H32O. The van der Waals surface area contributed by atoms with Gasteiger partial charge in [0, 0.05) is 0 Å². The summed E-state index contributed by atoms with van der Waals surface area (Å²) >= 11 is 0. The summed E-state index contributed by atoms with van der Waals surface area (Å²) in [6.45, 7) is 8.39. The Labute approximate surface area is 108 Å². The summed E-state index contributed by atoms with van der Waals surface area (Å²) < 4.78 is 0. The van der Waals surface area contributed by atoms with Crippen molar-refractivity contribution < 1.29 is 5.11 Å². The molecule has 0 bridgehead atoms. The minimum absolute atomic E-state index is 0.517. The molecule has 0 unspecified atom stereocenters. The largest absolute Gasteiger partial charge is 0.513 e. The van der Waals surface area contributed by atoms with Gasteiger partial charge in [0.15, 0.2) is 0 Å². The van der Waals surface area contributed by atoms with E-state index in [2.05, 4.69) is 13.8 Å². The lowest BCUT2D eigenvalue weighted by Crippen LogP contribution is -2.01. The van der Waals surface area contributed by atoms with Crippen LogP contribution >= 0.6 is 0 Å². The van der Waals surface area contributed by atoms with E-state index < -0.39 is 0 Å². The number of hydrogen-bond donors (Lipinski definition) is 1. The average molecular weight is 240 g/mol. The van der Waals surface area contributed by atoms with Gasteiger partial charge in [-0.15, -0.1) is 0 Å². The number of rotatable bonds is 10. The molecule has 0 saturated carbocycles. The van der Waals surface area contributed by atoms with Crippen LogP contribution in [0.15, 0.2) is 11.3 Å². The minimum atomic E-state index is 0.517. The first-order chi connectivity index (χ1) is 8.11. The number of unbranched alkanes of at least 4 members (excludes halogenated alkanes) is 2. The second kappa shape index (κ2) is 10.7. The van der Waals surface area contributed by atoms with Crippen molar-refractivity contribution in [2.45, 2.75) is 85.5 Å². The van der Waals surface area contributed by atoms with Crippen LogP contribution in [0.4, 0.5) is 0 Å². The highest BCUT2D eigenvalue weighted by molar-refractivity contribution is 5.01. The lowest BCUT2D eigenvalue weighted by molar-refractivity contribution is 0.377. The van der Waals surface area contributed by atoms with Gasteiger partial charge in [-0.1, -0.05) is 58.8 Å². The minimum Gasteiger partial charge on any atom is -0.513 e. The molecule has 0 aliphatic carbocycles. The second-order valence-corrected chi connectivity index (χ2v) is 5.41. The highest BCUT2D eigenvalue weighted by Crippen LogP contribution is 2.23. The molecule has 1 nitrogen and oxygen atoms in total. The molecule has 0 aromatic rings. The van der Waals surface area contributed by atoms with Gasteiger partial charge >= 0.3 is 0 Å². The Morgan fingerprint density at radius 2 is 1.35 bits per heavy atom. The summed E-state index contributed by atoms with van der Waals surface area (Å²) in [6, 6.07) is 0. The monoisotopic (exact) mass is 240 g/mol. The fraction of sp³-hybridized carbons (Fsp3) is 0.875. The molecule has 0 fully saturated rings. The Hall–Kier alpha value is -0.460. The molecule has 17 heavy (non-hydrogen) atoms. The van der Waals surface area contributed by atoms with E-state index in [1.807, 2.05) is 6.92 Å². The van der Waals surface area contributed by atoms with Gasteiger partial charge in [0.2, 0.25) is 0 Å². The third kappa shape index (κ3) is 9.26. The van der Waals surface area contributed by atoms with Crippen molar-refractivity contribution in [1.82, 2.24) is 0 Å². The second-order valence-electron chi connectivity index (χ2n) is 5.41. The van der Waals surface area contributed by atoms with Gasteiger partial charge in [0.25, 0.3) is 0 Å². The Balaban J connectivity index is 3.85. The van der Waals surface area contributed by atoms with Crippen LogP contribution in [0.5, 0.6) is 0 Å². The Morgan fingerprint density at radius 1 is 0.882 bits per heavy atom. The number of hydrogen-bond acceptors (Lipinski definition) is 1. The summed E-state index contributed by atoms with van der Waals surface area (Å²) in [5.74, 6) is 1.44. The lowest BCUT2D eigenvalue weighted by atomic mass is 9.90. The smallest absolute Gasteiger partial charge is 0.0880 e. The van der Waals surface area contributed by atoms with E-state index in [0.717, 1.165) is 17.9 Å². The molecule has 1 N–H and O–H groups in total. The van der Waals surface area contributed by atoms with Crippen LogP contribution < -0.4 is 0 Å². The molecule has 0 aliphatic rings.